The van der Waals surface area contributed by atoms with E-state index >= 15 is 0 Å². The summed E-state index contributed by atoms with van der Waals surface area (Å²) in [6, 6.07) is 13.7. The molecule has 2 heterocycles. The first kappa shape index (κ1) is 20.2. The molecule has 1 N–H and O–H groups in total. The number of thiazole rings is 1. The number of hydrazone groups is 1. The van der Waals surface area contributed by atoms with Crippen molar-refractivity contribution >= 4 is 39.1 Å². The van der Waals surface area contributed by atoms with E-state index < -0.39 is 0 Å². The summed E-state index contributed by atoms with van der Waals surface area (Å²) >= 11 is 1.62. The maximum absolute atomic E-state index is 13.1. The second-order valence-corrected chi connectivity index (χ2v) is 8.39. The molecule has 0 bridgehead atoms. The first-order valence-electron chi connectivity index (χ1n) is 9.75. The molecule has 2 amide bonds. The number of amides is 2. The molecule has 6 nitrogen and oxygen atoms in total. The highest BCUT2D eigenvalue weighted by molar-refractivity contribution is 7.18. The largest absolute Gasteiger partial charge is 0.348 e. The van der Waals surface area contributed by atoms with Crippen LogP contribution in [0.1, 0.15) is 30.3 Å². The number of halogens is 1. The second-order valence-electron chi connectivity index (χ2n) is 7.28. The zero-order valence-corrected chi connectivity index (χ0v) is 17.3. The Kier molecular flexibility index (Phi) is 5.85. The van der Waals surface area contributed by atoms with E-state index in [2.05, 4.69) is 15.4 Å². The number of benzene rings is 2. The molecule has 0 radical (unpaired) electrons. The number of hydrogen-bond donors (Lipinski definition) is 1. The normalized spacial score (nSPS) is 15.2. The van der Waals surface area contributed by atoms with Gasteiger partial charge in [0.05, 0.1) is 21.8 Å². The van der Waals surface area contributed by atoms with Gasteiger partial charge >= 0.3 is 0 Å². The zero-order chi connectivity index (χ0) is 21.1. The Labute approximate surface area is 177 Å². The molecule has 0 unspecified atom stereocenters. The SMILES string of the molecule is C[C@H](Cc1nc2ccccc2s1)NC(=O)C1=NN(Cc2ccc(F)cc2)C(=O)CC1. The quantitative estimate of drug-likeness (QED) is 0.656. The van der Waals surface area contributed by atoms with Gasteiger partial charge < -0.3 is 5.32 Å². The average molecular weight is 425 g/mol. The fourth-order valence-corrected chi connectivity index (χ4v) is 4.37. The number of carbonyl (C=O) groups excluding carboxylic acids is 2. The molecule has 0 saturated heterocycles. The minimum Gasteiger partial charge on any atom is -0.348 e. The van der Waals surface area contributed by atoms with Crippen LogP contribution < -0.4 is 5.32 Å². The van der Waals surface area contributed by atoms with E-state index in [1.807, 2.05) is 31.2 Å². The van der Waals surface area contributed by atoms with E-state index in [1.54, 1.807) is 23.5 Å². The highest BCUT2D eigenvalue weighted by atomic mass is 32.1. The van der Waals surface area contributed by atoms with Gasteiger partial charge in [-0.2, -0.15) is 5.10 Å². The lowest BCUT2D eigenvalue weighted by molar-refractivity contribution is -0.132. The van der Waals surface area contributed by atoms with Gasteiger partial charge in [0.1, 0.15) is 11.5 Å². The van der Waals surface area contributed by atoms with Gasteiger partial charge in [0.2, 0.25) is 5.91 Å². The minimum absolute atomic E-state index is 0.121. The van der Waals surface area contributed by atoms with Gasteiger partial charge in [-0.1, -0.05) is 24.3 Å². The van der Waals surface area contributed by atoms with Gasteiger partial charge in [0, 0.05) is 25.3 Å². The molecule has 154 valence electrons. The van der Waals surface area contributed by atoms with Crippen molar-refractivity contribution in [1.82, 2.24) is 15.3 Å². The fourth-order valence-electron chi connectivity index (χ4n) is 3.28. The van der Waals surface area contributed by atoms with Crippen LogP contribution in [0.2, 0.25) is 0 Å². The third kappa shape index (κ3) is 4.71. The number of para-hydroxylation sites is 1. The number of hydrogen-bond acceptors (Lipinski definition) is 5. The Morgan fingerprint density at radius 3 is 2.73 bits per heavy atom. The van der Waals surface area contributed by atoms with Crippen molar-refractivity contribution in [3.05, 3.63) is 64.9 Å². The lowest BCUT2D eigenvalue weighted by Crippen LogP contribution is -2.42. The van der Waals surface area contributed by atoms with Crippen molar-refractivity contribution in [1.29, 1.82) is 0 Å². The van der Waals surface area contributed by atoms with E-state index in [-0.39, 0.29) is 36.6 Å². The molecule has 0 fully saturated rings. The molecular formula is C22H21FN4O2S. The van der Waals surface area contributed by atoms with E-state index in [0.29, 0.717) is 18.6 Å². The zero-order valence-electron chi connectivity index (χ0n) is 16.5. The molecule has 8 heteroatoms. The molecular weight excluding hydrogens is 403 g/mol. The molecule has 1 atom stereocenters. The molecule has 0 saturated carbocycles. The van der Waals surface area contributed by atoms with E-state index in [9.17, 15) is 14.0 Å². The first-order chi connectivity index (χ1) is 14.5. The minimum atomic E-state index is -0.339. The van der Waals surface area contributed by atoms with Gasteiger partial charge in [-0.05, 0) is 36.8 Å². The van der Waals surface area contributed by atoms with Crippen molar-refractivity contribution in [2.75, 3.05) is 0 Å². The lowest BCUT2D eigenvalue weighted by atomic mass is 10.1. The molecule has 0 spiro atoms. The summed E-state index contributed by atoms with van der Waals surface area (Å²) in [6.07, 6.45) is 1.15. The molecule has 2 aromatic carbocycles. The van der Waals surface area contributed by atoms with Crippen molar-refractivity contribution in [2.24, 2.45) is 5.10 Å². The van der Waals surface area contributed by atoms with E-state index in [4.69, 9.17) is 0 Å². The highest BCUT2D eigenvalue weighted by Gasteiger charge is 2.25. The van der Waals surface area contributed by atoms with Crippen LogP contribution in [0.25, 0.3) is 10.2 Å². The van der Waals surface area contributed by atoms with Crippen LogP contribution in [0, 0.1) is 5.82 Å². The number of nitrogens with zero attached hydrogens (tertiary/aromatic N) is 3. The van der Waals surface area contributed by atoms with Crippen LogP contribution >= 0.6 is 11.3 Å². The Balaban J connectivity index is 1.39. The summed E-state index contributed by atoms with van der Waals surface area (Å²) < 4.78 is 14.2. The summed E-state index contributed by atoms with van der Waals surface area (Å²) in [7, 11) is 0. The fraction of sp³-hybridized carbons (Fsp3) is 0.273. The summed E-state index contributed by atoms with van der Waals surface area (Å²) in [6.45, 7) is 2.13. The van der Waals surface area contributed by atoms with Crippen LogP contribution in [0.3, 0.4) is 0 Å². The molecule has 4 rings (SSSR count). The van der Waals surface area contributed by atoms with Gasteiger partial charge in [-0.25, -0.2) is 14.4 Å². The summed E-state index contributed by atoms with van der Waals surface area (Å²) in [5.41, 5.74) is 2.04. The van der Waals surface area contributed by atoms with E-state index in [0.717, 1.165) is 20.8 Å². The smallest absolute Gasteiger partial charge is 0.267 e. The number of aromatic nitrogens is 1. The van der Waals surface area contributed by atoms with E-state index in [1.165, 1.54) is 17.1 Å². The molecule has 1 aliphatic heterocycles. The summed E-state index contributed by atoms with van der Waals surface area (Å²) in [5.74, 6) is -0.770. The van der Waals surface area contributed by atoms with Crippen LogP contribution in [-0.2, 0) is 22.6 Å². The Bertz CT molecular complexity index is 1080. The van der Waals surface area contributed by atoms with Crippen molar-refractivity contribution < 1.29 is 14.0 Å². The third-order valence-electron chi connectivity index (χ3n) is 4.81. The number of nitrogens with one attached hydrogen (secondary N) is 1. The molecule has 3 aromatic rings. The number of fused-ring (bicyclic) bond motifs is 1. The van der Waals surface area contributed by atoms with Crippen molar-refractivity contribution in [2.45, 2.75) is 38.8 Å². The first-order valence-corrected chi connectivity index (χ1v) is 10.6. The second kappa shape index (κ2) is 8.71. The predicted molar refractivity (Wildman–Crippen MR) is 115 cm³/mol. The molecule has 0 aliphatic carbocycles. The standard InChI is InChI=1S/C22H21FN4O2S/c1-14(12-20-25-17-4-2-3-5-19(17)30-20)24-22(29)18-10-11-21(28)27(26-18)13-15-6-8-16(23)9-7-15/h2-9,14H,10-13H2,1H3,(H,24,29)/t14-/m1/s1. The maximum Gasteiger partial charge on any atom is 0.267 e. The van der Waals surface area contributed by atoms with Gasteiger partial charge in [0.25, 0.3) is 5.91 Å². The maximum atomic E-state index is 13.1. The summed E-state index contributed by atoms with van der Waals surface area (Å²) in [5, 5.41) is 9.46. The number of carbonyl (C=O) groups is 2. The predicted octanol–water partition coefficient (Wildman–Crippen LogP) is 3.66. The monoisotopic (exact) mass is 424 g/mol. The Morgan fingerprint density at radius 2 is 1.97 bits per heavy atom. The average Bonchev–Trinajstić information content (AvgIpc) is 3.13. The third-order valence-corrected chi connectivity index (χ3v) is 5.87. The van der Waals surface area contributed by atoms with Crippen molar-refractivity contribution in [3.63, 3.8) is 0 Å². The Morgan fingerprint density at radius 1 is 1.20 bits per heavy atom. The Hall–Kier alpha value is -3.13. The van der Waals surface area contributed by atoms with Crippen LogP contribution in [-0.4, -0.2) is 33.6 Å². The summed E-state index contributed by atoms with van der Waals surface area (Å²) in [4.78, 5) is 29.5. The van der Waals surface area contributed by atoms with Crippen LogP contribution in [0.5, 0.6) is 0 Å². The van der Waals surface area contributed by atoms with Gasteiger partial charge in [0.15, 0.2) is 0 Å². The van der Waals surface area contributed by atoms with Crippen LogP contribution in [0.4, 0.5) is 4.39 Å². The molecule has 1 aliphatic rings. The highest BCUT2D eigenvalue weighted by Crippen LogP contribution is 2.22. The van der Waals surface area contributed by atoms with Crippen molar-refractivity contribution in [3.8, 4) is 0 Å². The lowest BCUT2D eigenvalue weighted by Gasteiger charge is -2.24. The molecule has 30 heavy (non-hydrogen) atoms. The molecule has 1 aromatic heterocycles. The van der Waals surface area contributed by atoms with Gasteiger partial charge in [-0.15, -0.1) is 11.3 Å². The topological polar surface area (TPSA) is 74.7 Å². The van der Waals surface area contributed by atoms with Gasteiger partial charge in [-0.3, -0.25) is 9.59 Å². The number of rotatable bonds is 6. The van der Waals surface area contributed by atoms with Crippen LogP contribution in [0.15, 0.2) is 53.6 Å².